The SMILES string of the molecule is O=CNNn1ccnn1. The van der Waals surface area contributed by atoms with Gasteiger partial charge in [-0.1, -0.05) is 0 Å². The fourth-order valence-corrected chi connectivity index (χ4v) is 0.360. The minimum Gasteiger partial charge on any atom is -0.277 e. The molecule has 0 aliphatic carbocycles. The largest absolute Gasteiger partial charge is 0.277 e. The Balaban J connectivity index is 2.38. The van der Waals surface area contributed by atoms with Crippen LogP contribution in [0.25, 0.3) is 0 Å². The van der Waals surface area contributed by atoms with E-state index in [0.717, 1.165) is 0 Å². The van der Waals surface area contributed by atoms with Crippen molar-refractivity contribution in [2.75, 3.05) is 5.53 Å². The average molecular weight is 127 g/mol. The van der Waals surface area contributed by atoms with Crippen molar-refractivity contribution in [3.63, 3.8) is 0 Å². The number of carbonyl (C=O) groups is 1. The molecule has 0 aliphatic rings. The van der Waals surface area contributed by atoms with Gasteiger partial charge in [-0.3, -0.25) is 10.2 Å². The van der Waals surface area contributed by atoms with Crippen LogP contribution in [-0.4, -0.2) is 21.5 Å². The lowest BCUT2D eigenvalue weighted by molar-refractivity contribution is -0.109. The van der Waals surface area contributed by atoms with E-state index in [9.17, 15) is 4.79 Å². The predicted molar refractivity (Wildman–Crippen MR) is 28.6 cm³/mol. The third-order valence-corrected chi connectivity index (χ3v) is 0.661. The summed E-state index contributed by atoms with van der Waals surface area (Å²) in [5.41, 5.74) is 4.58. The molecule has 0 unspecified atom stereocenters. The molecule has 0 radical (unpaired) electrons. The normalized spacial score (nSPS) is 8.44. The standard InChI is InChI=1S/C3H5N5O/c9-3-5-7-8-2-1-4-6-8/h1-3,7H,(H,5,9). The summed E-state index contributed by atoms with van der Waals surface area (Å²) in [6.07, 6.45) is 3.54. The van der Waals surface area contributed by atoms with Crippen LogP contribution in [0.4, 0.5) is 0 Å². The molecule has 1 aromatic heterocycles. The van der Waals surface area contributed by atoms with Gasteiger partial charge in [0.05, 0.1) is 12.4 Å². The summed E-state index contributed by atoms with van der Waals surface area (Å²) >= 11 is 0. The summed E-state index contributed by atoms with van der Waals surface area (Å²) in [6, 6.07) is 0. The highest BCUT2D eigenvalue weighted by molar-refractivity contribution is 5.46. The summed E-state index contributed by atoms with van der Waals surface area (Å²) in [7, 11) is 0. The van der Waals surface area contributed by atoms with Gasteiger partial charge >= 0.3 is 0 Å². The van der Waals surface area contributed by atoms with Crippen LogP contribution in [0.1, 0.15) is 0 Å². The number of carbonyl (C=O) groups excluding carboxylic acids is 1. The van der Waals surface area contributed by atoms with Gasteiger partial charge in [0.2, 0.25) is 6.41 Å². The summed E-state index contributed by atoms with van der Waals surface area (Å²) < 4.78 is 0. The van der Waals surface area contributed by atoms with Crippen molar-refractivity contribution in [2.45, 2.75) is 0 Å². The third kappa shape index (κ3) is 1.41. The molecule has 0 bridgehead atoms. The van der Waals surface area contributed by atoms with E-state index in [1.165, 1.54) is 11.0 Å². The molecule has 1 amide bonds. The summed E-state index contributed by atoms with van der Waals surface area (Å²) in [6.45, 7) is 0. The van der Waals surface area contributed by atoms with Gasteiger partial charge < -0.3 is 0 Å². The molecule has 9 heavy (non-hydrogen) atoms. The lowest BCUT2D eigenvalue weighted by Gasteiger charge is -1.98. The van der Waals surface area contributed by atoms with Gasteiger partial charge in [-0.25, -0.2) is 5.53 Å². The van der Waals surface area contributed by atoms with Crippen molar-refractivity contribution in [1.82, 2.24) is 20.5 Å². The van der Waals surface area contributed by atoms with Gasteiger partial charge in [-0.15, -0.1) is 9.89 Å². The lowest BCUT2D eigenvalue weighted by Crippen LogP contribution is -2.29. The van der Waals surface area contributed by atoms with Crippen molar-refractivity contribution in [3.05, 3.63) is 12.4 Å². The maximum absolute atomic E-state index is 9.66. The molecule has 48 valence electrons. The van der Waals surface area contributed by atoms with Gasteiger partial charge in [0.1, 0.15) is 0 Å². The Kier molecular flexibility index (Phi) is 1.63. The highest BCUT2D eigenvalue weighted by Gasteiger charge is 1.81. The first-order valence-electron chi connectivity index (χ1n) is 2.25. The van der Waals surface area contributed by atoms with Gasteiger partial charge in [0.15, 0.2) is 0 Å². The van der Waals surface area contributed by atoms with Crippen LogP contribution in [0.2, 0.25) is 0 Å². The van der Waals surface area contributed by atoms with Gasteiger partial charge in [-0.2, -0.15) is 0 Å². The third-order valence-electron chi connectivity index (χ3n) is 0.661. The fourth-order valence-electron chi connectivity index (χ4n) is 0.360. The first kappa shape index (κ1) is 5.54. The summed E-state index contributed by atoms with van der Waals surface area (Å²) in [4.78, 5) is 10.9. The first-order chi connectivity index (χ1) is 4.43. The van der Waals surface area contributed by atoms with Crippen molar-refractivity contribution in [2.24, 2.45) is 0 Å². The van der Waals surface area contributed by atoms with Crippen LogP contribution in [0, 0.1) is 0 Å². The second kappa shape index (κ2) is 2.65. The van der Waals surface area contributed by atoms with E-state index in [1.807, 2.05) is 0 Å². The van der Waals surface area contributed by atoms with Gasteiger partial charge in [-0.05, 0) is 5.21 Å². The molecule has 2 N–H and O–H groups in total. The van der Waals surface area contributed by atoms with E-state index in [2.05, 4.69) is 21.3 Å². The molecule has 0 atom stereocenters. The molecule has 1 heterocycles. The summed E-state index contributed by atoms with van der Waals surface area (Å²) in [5, 5.41) is 6.96. The van der Waals surface area contributed by atoms with Crippen LogP contribution >= 0.6 is 0 Å². The van der Waals surface area contributed by atoms with Crippen LogP contribution < -0.4 is 11.0 Å². The second-order valence-electron chi connectivity index (χ2n) is 1.22. The first-order valence-corrected chi connectivity index (χ1v) is 2.25. The maximum Gasteiger partial charge on any atom is 0.226 e. The molecule has 1 rings (SSSR count). The topological polar surface area (TPSA) is 71.8 Å². The zero-order chi connectivity index (χ0) is 6.53. The van der Waals surface area contributed by atoms with E-state index < -0.39 is 0 Å². The van der Waals surface area contributed by atoms with Crippen LogP contribution in [0.3, 0.4) is 0 Å². The lowest BCUT2D eigenvalue weighted by atomic mass is 11.0. The average Bonchev–Trinajstić information content (AvgIpc) is 2.34. The van der Waals surface area contributed by atoms with Crippen LogP contribution in [0.15, 0.2) is 12.4 Å². The predicted octanol–water partition coefficient (Wildman–Crippen LogP) is -1.52. The molecule has 6 heteroatoms. The Labute approximate surface area is 50.8 Å². The van der Waals surface area contributed by atoms with E-state index in [1.54, 1.807) is 6.20 Å². The van der Waals surface area contributed by atoms with Crippen molar-refractivity contribution < 1.29 is 4.79 Å². The van der Waals surface area contributed by atoms with E-state index in [-0.39, 0.29) is 0 Å². The van der Waals surface area contributed by atoms with Crippen LogP contribution in [-0.2, 0) is 4.79 Å². The number of nitrogens with zero attached hydrogens (tertiary/aromatic N) is 3. The molecule has 0 saturated heterocycles. The molecular weight excluding hydrogens is 122 g/mol. The van der Waals surface area contributed by atoms with Crippen molar-refractivity contribution in [1.29, 1.82) is 0 Å². The molecule has 0 fully saturated rings. The minimum absolute atomic E-state index is 0.502. The number of rotatable bonds is 3. The quantitative estimate of drug-likeness (QED) is 0.382. The Morgan fingerprint density at radius 1 is 1.67 bits per heavy atom. The Morgan fingerprint density at radius 3 is 3.11 bits per heavy atom. The van der Waals surface area contributed by atoms with E-state index in [0.29, 0.717) is 6.41 Å². The van der Waals surface area contributed by atoms with E-state index in [4.69, 9.17) is 0 Å². The molecule has 0 aromatic carbocycles. The number of amides is 1. The van der Waals surface area contributed by atoms with Gasteiger partial charge in [0.25, 0.3) is 0 Å². The number of nitrogens with one attached hydrogen (secondary N) is 2. The number of hydrazine groups is 1. The van der Waals surface area contributed by atoms with Crippen molar-refractivity contribution in [3.8, 4) is 0 Å². The second-order valence-corrected chi connectivity index (χ2v) is 1.22. The minimum atomic E-state index is 0.502. The van der Waals surface area contributed by atoms with Crippen molar-refractivity contribution >= 4 is 6.41 Å². The molecular formula is C3H5N5O. The molecule has 0 saturated carbocycles. The highest BCUT2D eigenvalue weighted by atomic mass is 16.1. The zero-order valence-electron chi connectivity index (χ0n) is 4.48. The van der Waals surface area contributed by atoms with E-state index >= 15 is 0 Å². The smallest absolute Gasteiger partial charge is 0.226 e. The molecule has 0 aliphatic heterocycles. The number of aromatic nitrogens is 3. The highest BCUT2D eigenvalue weighted by Crippen LogP contribution is 1.68. The number of hydrogen-bond donors (Lipinski definition) is 2. The monoisotopic (exact) mass is 127 g/mol. The molecule has 1 aromatic rings. The molecule has 6 nitrogen and oxygen atoms in total. The Hall–Kier alpha value is -1.59. The molecule has 0 spiro atoms. The Morgan fingerprint density at radius 2 is 2.56 bits per heavy atom. The zero-order valence-corrected chi connectivity index (χ0v) is 4.48. The number of hydrogen-bond acceptors (Lipinski definition) is 4. The van der Waals surface area contributed by atoms with Crippen LogP contribution in [0.5, 0.6) is 0 Å². The summed E-state index contributed by atoms with van der Waals surface area (Å²) in [5.74, 6) is 0. The fraction of sp³-hybridized carbons (Fsp3) is 0. The van der Waals surface area contributed by atoms with Gasteiger partial charge in [0, 0.05) is 0 Å². The maximum atomic E-state index is 9.66. The Bertz CT molecular complexity index is 170.